The summed E-state index contributed by atoms with van der Waals surface area (Å²) < 4.78 is 0. The van der Waals surface area contributed by atoms with Crippen molar-refractivity contribution in [3.05, 3.63) is 11.6 Å². The summed E-state index contributed by atoms with van der Waals surface area (Å²) in [4.78, 5) is 20.7. The van der Waals surface area contributed by atoms with Crippen LogP contribution in [0, 0.1) is 0 Å². The van der Waals surface area contributed by atoms with Gasteiger partial charge in [0.25, 0.3) is 0 Å². The second-order valence-electron chi connectivity index (χ2n) is 2.91. The van der Waals surface area contributed by atoms with Crippen molar-refractivity contribution in [1.82, 2.24) is 0 Å². The summed E-state index contributed by atoms with van der Waals surface area (Å²) in [5, 5.41) is 9.96. The normalized spacial score (nSPS) is 8.46. The van der Waals surface area contributed by atoms with Crippen molar-refractivity contribution >= 4 is 11.8 Å². The number of hydrogen-bond donors (Lipinski definition) is 0. The number of ketones is 1. The van der Waals surface area contributed by atoms with Crippen molar-refractivity contribution in [2.24, 2.45) is 0 Å². The Bertz CT molecular complexity index is 205. The van der Waals surface area contributed by atoms with Crippen molar-refractivity contribution in [2.75, 3.05) is 0 Å². The Hall–Kier alpha value is 0.516. The molecular weight excluding hydrogens is 195 g/mol. The fraction of sp³-hybridized carbons (Fsp3) is 0.556. The predicted molar refractivity (Wildman–Crippen MR) is 43.3 cm³/mol. The van der Waals surface area contributed by atoms with Gasteiger partial charge in [-0.15, -0.1) is 0 Å². The Balaban J connectivity index is 0. The second kappa shape index (κ2) is 9.09. The SMILES string of the molecule is CC(C)=CCCC(=O)CC(=O)[O-].[K+]. The van der Waals surface area contributed by atoms with Crippen LogP contribution in [0.1, 0.15) is 33.1 Å². The molecule has 0 aliphatic heterocycles. The molecule has 3 nitrogen and oxygen atoms in total. The van der Waals surface area contributed by atoms with Gasteiger partial charge in [-0.3, -0.25) is 4.79 Å². The molecule has 0 heterocycles. The number of carboxylic acids is 1. The summed E-state index contributed by atoms with van der Waals surface area (Å²) in [5.74, 6) is -1.57. The number of rotatable bonds is 5. The molecular formula is C9H13KO3. The first-order chi connectivity index (χ1) is 5.52. The minimum absolute atomic E-state index is 0. The topological polar surface area (TPSA) is 57.2 Å². The summed E-state index contributed by atoms with van der Waals surface area (Å²) in [6.45, 7) is 3.87. The third-order valence-corrected chi connectivity index (χ3v) is 1.32. The number of aliphatic carboxylic acids is 1. The zero-order chi connectivity index (χ0) is 9.56. The number of hydrogen-bond acceptors (Lipinski definition) is 3. The predicted octanol–water partition coefficient (Wildman–Crippen LogP) is -2.55. The molecule has 0 rings (SSSR count). The van der Waals surface area contributed by atoms with Crippen LogP contribution in [-0.4, -0.2) is 11.8 Å². The first-order valence-electron chi connectivity index (χ1n) is 3.87. The van der Waals surface area contributed by atoms with Crippen LogP contribution < -0.4 is 56.5 Å². The van der Waals surface area contributed by atoms with E-state index in [1.807, 2.05) is 19.9 Å². The fourth-order valence-corrected chi connectivity index (χ4v) is 0.771. The molecule has 0 aliphatic rings. The van der Waals surface area contributed by atoms with Crippen LogP contribution in [-0.2, 0) is 9.59 Å². The van der Waals surface area contributed by atoms with Crippen LogP contribution in [0.15, 0.2) is 11.6 Å². The third kappa shape index (κ3) is 12.5. The van der Waals surface area contributed by atoms with Crippen LogP contribution in [0.3, 0.4) is 0 Å². The molecule has 0 N–H and O–H groups in total. The largest absolute Gasteiger partial charge is 1.00 e. The Morgan fingerprint density at radius 1 is 1.31 bits per heavy atom. The average Bonchev–Trinajstić information content (AvgIpc) is 1.84. The Labute approximate surface area is 121 Å². The van der Waals surface area contributed by atoms with E-state index in [4.69, 9.17) is 0 Å². The van der Waals surface area contributed by atoms with Crippen molar-refractivity contribution in [1.29, 1.82) is 0 Å². The van der Waals surface area contributed by atoms with E-state index in [9.17, 15) is 14.7 Å². The summed E-state index contributed by atoms with van der Waals surface area (Å²) in [5.41, 5.74) is 1.14. The maximum Gasteiger partial charge on any atom is 1.00 e. The van der Waals surface area contributed by atoms with Crippen LogP contribution >= 0.6 is 0 Å². The van der Waals surface area contributed by atoms with Crippen molar-refractivity contribution in [3.8, 4) is 0 Å². The van der Waals surface area contributed by atoms with Gasteiger partial charge in [0.05, 0.1) is 0 Å². The molecule has 0 unspecified atom stereocenters. The van der Waals surface area contributed by atoms with E-state index < -0.39 is 12.4 Å². The zero-order valence-corrected chi connectivity index (χ0v) is 11.5. The van der Waals surface area contributed by atoms with Crippen molar-refractivity contribution in [3.63, 3.8) is 0 Å². The Kier molecular flexibility index (Phi) is 11.2. The molecule has 0 saturated carbocycles. The van der Waals surface area contributed by atoms with Crippen LogP contribution in [0.5, 0.6) is 0 Å². The van der Waals surface area contributed by atoms with Gasteiger partial charge in [0, 0.05) is 18.8 Å². The minimum atomic E-state index is -1.29. The van der Waals surface area contributed by atoms with E-state index in [1.165, 1.54) is 0 Å². The molecule has 0 amide bonds. The molecule has 0 aromatic rings. The van der Waals surface area contributed by atoms with E-state index in [2.05, 4.69) is 0 Å². The van der Waals surface area contributed by atoms with Gasteiger partial charge in [-0.05, 0) is 20.3 Å². The van der Waals surface area contributed by atoms with E-state index in [-0.39, 0.29) is 57.2 Å². The standard InChI is InChI=1S/C9H14O3.K/c1-7(2)4-3-5-8(10)6-9(11)12;/h4H,3,5-6H2,1-2H3,(H,11,12);/q;+1/p-1. The average molecular weight is 208 g/mol. The van der Waals surface area contributed by atoms with Gasteiger partial charge in [-0.1, -0.05) is 11.6 Å². The Morgan fingerprint density at radius 3 is 2.23 bits per heavy atom. The van der Waals surface area contributed by atoms with Crippen LogP contribution in [0.25, 0.3) is 0 Å². The molecule has 13 heavy (non-hydrogen) atoms. The van der Waals surface area contributed by atoms with Gasteiger partial charge in [-0.2, -0.15) is 0 Å². The summed E-state index contributed by atoms with van der Waals surface area (Å²) >= 11 is 0. The molecule has 4 heteroatoms. The third-order valence-electron chi connectivity index (χ3n) is 1.32. The fourth-order valence-electron chi connectivity index (χ4n) is 0.771. The first-order valence-corrected chi connectivity index (χ1v) is 3.87. The summed E-state index contributed by atoms with van der Waals surface area (Å²) in [6, 6.07) is 0. The maximum absolute atomic E-state index is 10.8. The van der Waals surface area contributed by atoms with Gasteiger partial charge < -0.3 is 9.90 Å². The van der Waals surface area contributed by atoms with Gasteiger partial charge >= 0.3 is 51.4 Å². The van der Waals surface area contributed by atoms with E-state index >= 15 is 0 Å². The zero-order valence-electron chi connectivity index (χ0n) is 8.42. The van der Waals surface area contributed by atoms with E-state index in [1.54, 1.807) is 0 Å². The molecule has 68 valence electrons. The number of carbonyl (C=O) groups is 2. The molecule has 0 spiro atoms. The number of carbonyl (C=O) groups excluding carboxylic acids is 2. The van der Waals surface area contributed by atoms with E-state index in [0.717, 1.165) is 5.57 Å². The molecule has 0 aromatic heterocycles. The first kappa shape index (κ1) is 16.0. The van der Waals surface area contributed by atoms with Crippen molar-refractivity contribution in [2.45, 2.75) is 33.1 Å². The van der Waals surface area contributed by atoms with E-state index in [0.29, 0.717) is 12.8 Å². The number of Topliss-reactive ketones (excluding diaryl/α,β-unsaturated/α-hetero) is 1. The molecule has 0 saturated heterocycles. The van der Waals surface area contributed by atoms with Gasteiger partial charge in [0.2, 0.25) is 0 Å². The molecule has 0 fully saturated rings. The Morgan fingerprint density at radius 2 is 1.85 bits per heavy atom. The molecule has 0 bridgehead atoms. The van der Waals surface area contributed by atoms with Crippen LogP contribution in [0.2, 0.25) is 0 Å². The van der Waals surface area contributed by atoms with Gasteiger partial charge in [-0.25, -0.2) is 0 Å². The van der Waals surface area contributed by atoms with Crippen molar-refractivity contribution < 1.29 is 66.1 Å². The molecule has 0 aromatic carbocycles. The number of carboxylic acid groups (broad SMARTS) is 1. The number of allylic oxidation sites excluding steroid dienone is 2. The maximum atomic E-state index is 10.8. The minimum Gasteiger partial charge on any atom is -0.550 e. The molecule has 0 radical (unpaired) electrons. The molecule has 0 aliphatic carbocycles. The molecule has 0 atom stereocenters. The monoisotopic (exact) mass is 208 g/mol. The smallest absolute Gasteiger partial charge is 0.550 e. The van der Waals surface area contributed by atoms with Gasteiger partial charge in [0.1, 0.15) is 5.78 Å². The summed E-state index contributed by atoms with van der Waals surface area (Å²) in [7, 11) is 0. The summed E-state index contributed by atoms with van der Waals surface area (Å²) in [6.07, 6.45) is 2.36. The second-order valence-corrected chi connectivity index (χ2v) is 2.91. The quantitative estimate of drug-likeness (QED) is 0.284. The van der Waals surface area contributed by atoms with Crippen LogP contribution in [0.4, 0.5) is 0 Å². The van der Waals surface area contributed by atoms with Gasteiger partial charge in [0.15, 0.2) is 0 Å².